The number of carbonyl (C=O) groups excluding carboxylic acids is 6. The van der Waals surface area contributed by atoms with E-state index in [0.717, 1.165) is 31.1 Å². The summed E-state index contributed by atoms with van der Waals surface area (Å²) in [7, 11) is 1.00. The average Bonchev–Trinajstić information content (AvgIpc) is 4.06. The number of allylic oxidation sites excluding steroid dienone is 8. The summed E-state index contributed by atoms with van der Waals surface area (Å²) in [5, 5.41) is 30.7. The summed E-state index contributed by atoms with van der Waals surface area (Å²) in [4.78, 5) is 74.8. The second kappa shape index (κ2) is 19.6. The maximum Gasteiger partial charge on any atom is 0.305 e. The van der Waals surface area contributed by atoms with Crippen LogP contribution in [0.2, 0.25) is 0 Å². The van der Waals surface area contributed by atoms with Crippen molar-refractivity contribution in [1.82, 2.24) is 0 Å². The van der Waals surface area contributed by atoms with Crippen LogP contribution in [-0.4, -0.2) is 120 Å². The maximum atomic E-state index is 13.6. The zero-order chi connectivity index (χ0) is 50.7. The van der Waals surface area contributed by atoms with E-state index in [4.69, 9.17) is 33.5 Å². The van der Waals surface area contributed by atoms with Gasteiger partial charge >= 0.3 is 11.9 Å². The molecular weight excluding hydrogens is 1030 g/mol. The quantitative estimate of drug-likeness (QED) is 0.177. The highest BCUT2D eigenvalue weighted by atomic mass is 127. The van der Waals surface area contributed by atoms with E-state index in [1.165, 1.54) is 6.92 Å². The molecule has 2 heterocycles. The molecular formula is C55H79IO15. The Bertz CT molecular complexity index is 2310. The highest BCUT2D eigenvalue weighted by Gasteiger charge is 2.79. The molecule has 0 bridgehead atoms. The first kappa shape index (κ1) is 57.3. The van der Waals surface area contributed by atoms with Crippen molar-refractivity contribution < 1.29 is 72.5 Å². The number of hydrogen-bond donors (Lipinski definition) is 3. The van der Waals surface area contributed by atoms with Gasteiger partial charge in [0.25, 0.3) is 0 Å². The summed E-state index contributed by atoms with van der Waals surface area (Å²) in [5.74, 6) is -0.837. The van der Waals surface area contributed by atoms with Gasteiger partial charge in [-0.15, -0.1) is 24.0 Å². The highest BCUT2D eigenvalue weighted by Crippen LogP contribution is 2.76. The van der Waals surface area contributed by atoms with Crippen LogP contribution in [-0.2, 0) is 57.2 Å². The minimum atomic E-state index is -1.24. The van der Waals surface area contributed by atoms with Crippen LogP contribution < -0.4 is 0 Å². The number of halogens is 1. The fourth-order valence-electron chi connectivity index (χ4n) is 17.0. The number of ether oxygens (including phenoxy) is 6. The number of rotatable bonds is 7. The molecule has 10 rings (SSSR count). The smallest absolute Gasteiger partial charge is 0.305 e. The molecule has 0 spiro atoms. The zero-order valence-electron chi connectivity index (χ0n) is 42.7. The van der Waals surface area contributed by atoms with Crippen LogP contribution in [0.25, 0.3) is 0 Å². The number of esters is 2. The van der Waals surface area contributed by atoms with E-state index in [2.05, 4.69) is 41.5 Å². The molecule has 2 saturated heterocycles. The van der Waals surface area contributed by atoms with Crippen molar-refractivity contribution in [3.05, 3.63) is 47.6 Å². The number of hydrogen-bond acceptors (Lipinski definition) is 15. The lowest BCUT2D eigenvalue weighted by Gasteiger charge is -2.66. The van der Waals surface area contributed by atoms with Crippen molar-refractivity contribution in [1.29, 1.82) is 0 Å². The van der Waals surface area contributed by atoms with Crippen molar-refractivity contribution in [2.75, 3.05) is 33.9 Å². The Morgan fingerprint density at radius 2 is 1.03 bits per heavy atom. The van der Waals surface area contributed by atoms with Crippen LogP contribution >= 0.6 is 24.0 Å². The van der Waals surface area contributed by atoms with Gasteiger partial charge in [-0.1, -0.05) is 93.0 Å². The Hall–Kier alpha value is -2.97. The zero-order valence-corrected chi connectivity index (χ0v) is 45.0. The average molecular weight is 1110 g/mol. The Kier molecular flexibility index (Phi) is 15.8. The number of Topliss-reactive ketones (excluding diaryl/α,β-unsaturated/α-hetero) is 2. The Morgan fingerprint density at radius 1 is 0.648 bits per heavy atom. The Morgan fingerprint density at radius 3 is 1.39 bits per heavy atom. The van der Waals surface area contributed by atoms with Gasteiger partial charge in [0.05, 0.1) is 24.4 Å². The fraction of sp³-hybridized carbons (Fsp3) is 0.745. The third kappa shape index (κ3) is 7.61. The Labute approximate surface area is 436 Å². The molecule has 8 aliphatic carbocycles. The molecule has 6 saturated carbocycles. The van der Waals surface area contributed by atoms with Crippen molar-refractivity contribution in [2.45, 2.75) is 157 Å². The van der Waals surface area contributed by atoms with Gasteiger partial charge in [0.15, 0.2) is 36.0 Å². The number of aliphatic hydroxyl groups is 3. The van der Waals surface area contributed by atoms with Gasteiger partial charge in [-0.25, -0.2) is 0 Å². The van der Waals surface area contributed by atoms with E-state index in [1.807, 2.05) is 26.0 Å². The van der Waals surface area contributed by atoms with Crippen molar-refractivity contribution in [3.63, 3.8) is 0 Å². The molecule has 18 atom stereocenters. The van der Waals surface area contributed by atoms with Gasteiger partial charge in [-0.2, -0.15) is 0 Å². The van der Waals surface area contributed by atoms with Gasteiger partial charge in [0.2, 0.25) is 11.6 Å². The maximum absolute atomic E-state index is 13.6. The lowest BCUT2D eigenvalue weighted by Crippen LogP contribution is -2.67. The molecule has 0 aromatic heterocycles. The Balaban J connectivity index is 0.000000219. The van der Waals surface area contributed by atoms with Crippen molar-refractivity contribution in [3.8, 4) is 0 Å². The van der Waals surface area contributed by atoms with Crippen LogP contribution in [0.3, 0.4) is 0 Å². The topological polar surface area (TPSA) is 218 Å². The van der Waals surface area contributed by atoms with Gasteiger partial charge in [0.1, 0.15) is 13.6 Å². The normalized spacial score (nSPS) is 46.8. The van der Waals surface area contributed by atoms with Crippen molar-refractivity contribution in [2.24, 2.45) is 68.0 Å². The lowest BCUT2D eigenvalue weighted by molar-refractivity contribution is -0.215. The van der Waals surface area contributed by atoms with Gasteiger partial charge in [-0.3, -0.25) is 28.8 Å². The molecule has 3 N–H and O–H groups in total. The number of carbonyl (C=O) groups is 6. The van der Waals surface area contributed by atoms with Crippen LogP contribution in [0.1, 0.15) is 122 Å². The second-order valence-electron chi connectivity index (χ2n) is 23.0. The van der Waals surface area contributed by atoms with Crippen LogP contribution in [0, 0.1) is 68.0 Å². The SMILES string of the molecule is C.CC(=O)OCC(=O)[C@@]12OCO[C@@H]1CC1C3C[C@H](C)C4=CC(=O)C=CC4(C)[C@@]3(C)C(O)CC12C.CCC(=O)OCC(=O)[C@@]12OCO[C@@H]1CC1C3C[C@H](C)C4=CC(=O)C=CC4(C)[C@@]3(C)C(O)CC12C.CO.I. The summed E-state index contributed by atoms with van der Waals surface area (Å²) in [6.45, 7) is 19.3. The summed E-state index contributed by atoms with van der Waals surface area (Å²) in [6.07, 6.45) is 12.3. The van der Waals surface area contributed by atoms with Crippen LogP contribution in [0.5, 0.6) is 0 Å². The monoisotopic (exact) mass is 1110 g/mol. The second-order valence-corrected chi connectivity index (χ2v) is 23.0. The molecule has 396 valence electrons. The largest absolute Gasteiger partial charge is 0.458 e. The molecule has 0 aromatic carbocycles. The summed E-state index contributed by atoms with van der Waals surface area (Å²) in [6, 6.07) is 0. The molecule has 10 unspecified atom stereocenters. The molecule has 71 heavy (non-hydrogen) atoms. The molecule has 10 aliphatic rings. The molecule has 0 amide bonds. The highest BCUT2D eigenvalue weighted by molar-refractivity contribution is 14.0. The fourth-order valence-corrected chi connectivity index (χ4v) is 17.0. The van der Waals surface area contributed by atoms with Gasteiger partial charge in [-0.05, 0) is 98.3 Å². The van der Waals surface area contributed by atoms with E-state index in [-0.39, 0.29) is 123 Å². The number of fused-ring (bicyclic) bond motifs is 14. The lowest BCUT2D eigenvalue weighted by atomic mass is 9.38. The van der Waals surface area contributed by atoms with E-state index in [1.54, 1.807) is 31.2 Å². The third-order valence-electron chi connectivity index (χ3n) is 20.8. The predicted molar refractivity (Wildman–Crippen MR) is 270 cm³/mol. The van der Waals surface area contributed by atoms with Gasteiger partial charge in [0, 0.05) is 52.9 Å². The molecule has 8 fully saturated rings. The standard InChI is InChI=1S/C27H36O7.C26H34O7.CH4O.CH4.HI/c1-6-23(31)32-13-21(30)27-22(33-14-34-27)11-18-19-9-15(2)17-10-16(28)7-8-24(17,3)26(19,5)20(29)12-25(18,27)4;1-14-8-19-18-10-22-26(33-13-32-22,21(30)12-31-15(2)27)24(18,4)11-20(29)25(19,5)23(3)7-6-16(28)9-17(14)23;1-2;;/h7-8,10,15,18-20,22,29H,6,9,11-14H2,1-5H3;6-7,9,14,18-20,22,29H,8,10-13H2,1-5H3;2H,1H3;1H4;1H/t15-,18?,19?,20?,22+,24?,25?,26+,27+;14-,18?,19?,20?,22+,23?,24?,25+,26+;;;/m00.../s1. The molecule has 2 aliphatic heterocycles. The van der Waals surface area contributed by atoms with E-state index in [0.29, 0.717) is 25.7 Å². The number of ketones is 4. The van der Waals surface area contributed by atoms with E-state index >= 15 is 0 Å². The molecule has 16 heteroatoms. The number of aliphatic hydroxyl groups excluding tert-OH is 3. The third-order valence-corrected chi connectivity index (χ3v) is 20.8. The molecule has 15 nitrogen and oxygen atoms in total. The van der Waals surface area contributed by atoms with Crippen LogP contribution in [0.15, 0.2) is 47.6 Å². The van der Waals surface area contributed by atoms with Crippen molar-refractivity contribution >= 4 is 59.0 Å². The minimum Gasteiger partial charge on any atom is -0.458 e. The van der Waals surface area contributed by atoms with E-state index < -0.39 is 80.0 Å². The summed E-state index contributed by atoms with van der Waals surface area (Å²) in [5.41, 5.74) is -3.59. The van der Waals surface area contributed by atoms with Gasteiger partial charge < -0.3 is 43.7 Å². The summed E-state index contributed by atoms with van der Waals surface area (Å²) < 4.78 is 34.5. The van der Waals surface area contributed by atoms with E-state index in [9.17, 15) is 39.0 Å². The first-order valence-electron chi connectivity index (χ1n) is 24.9. The first-order chi connectivity index (χ1) is 32.4. The first-order valence-corrected chi connectivity index (χ1v) is 24.9. The predicted octanol–water partition coefficient (Wildman–Crippen LogP) is 6.76. The summed E-state index contributed by atoms with van der Waals surface area (Å²) >= 11 is 0. The molecule has 0 radical (unpaired) electrons. The minimum absolute atomic E-state index is 0. The van der Waals surface area contributed by atoms with Crippen LogP contribution in [0.4, 0.5) is 0 Å². The molecule has 0 aromatic rings.